The zero-order valence-electron chi connectivity index (χ0n) is 16.4. The number of halogens is 1. The summed E-state index contributed by atoms with van der Waals surface area (Å²) < 4.78 is 8.05. The van der Waals surface area contributed by atoms with Crippen LogP contribution in [0.2, 0.25) is 5.02 Å². The first-order valence-electron chi connectivity index (χ1n) is 9.82. The highest BCUT2D eigenvalue weighted by Crippen LogP contribution is 2.22. The number of nitrogens with zero attached hydrogens (tertiary/aromatic N) is 1. The van der Waals surface area contributed by atoms with Gasteiger partial charge in [0.15, 0.2) is 0 Å². The molecule has 0 saturated carbocycles. The van der Waals surface area contributed by atoms with Gasteiger partial charge in [-0.15, -0.1) is 0 Å². The molecule has 4 aromatic rings. The van der Waals surface area contributed by atoms with Gasteiger partial charge in [0, 0.05) is 29.7 Å². The second-order valence-electron chi connectivity index (χ2n) is 7.29. The van der Waals surface area contributed by atoms with Crippen molar-refractivity contribution >= 4 is 28.5 Å². The lowest BCUT2D eigenvalue weighted by molar-refractivity contribution is -0.136. The first-order chi connectivity index (χ1) is 14.6. The normalized spacial score (nSPS) is 11.0. The van der Waals surface area contributed by atoms with Crippen molar-refractivity contribution in [1.82, 2.24) is 4.57 Å². The van der Waals surface area contributed by atoms with E-state index >= 15 is 0 Å². The fourth-order valence-corrected chi connectivity index (χ4v) is 3.57. The van der Waals surface area contributed by atoms with Crippen LogP contribution in [0.1, 0.15) is 23.1 Å². The van der Waals surface area contributed by atoms with Gasteiger partial charge in [0.1, 0.15) is 12.4 Å². The lowest BCUT2D eigenvalue weighted by Gasteiger charge is -2.09. The van der Waals surface area contributed by atoms with E-state index in [1.54, 1.807) is 0 Å². The minimum absolute atomic E-state index is 0.137. The topological polar surface area (TPSA) is 51.5 Å². The van der Waals surface area contributed by atoms with Crippen molar-refractivity contribution in [2.24, 2.45) is 0 Å². The SMILES string of the molecule is O=C(O)CCc1ccc(OCc2ccc(Cn3ccc4ccc(Cl)cc43)cc2)cc1. The summed E-state index contributed by atoms with van der Waals surface area (Å²) in [4.78, 5) is 10.7. The van der Waals surface area contributed by atoms with Gasteiger partial charge in [-0.25, -0.2) is 0 Å². The van der Waals surface area contributed by atoms with Crippen LogP contribution in [0.15, 0.2) is 79.0 Å². The maximum absolute atomic E-state index is 10.7. The van der Waals surface area contributed by atoms with E-state index in [9.17, 15) is 4.79 Å². The molecule has 0 radical (unpaired) electrons. The minimum Gasteiger partial charge on any atom is -0.489 e. The summed E-state index contributed by atoms with van der Waals surface area (Å²) in [6, 6.07) is 24.0. The molecule has 0 saturated heterocycles. The van der Waals surface area contributed by atoms with Crippen LogP contribution in [0.25, 0.3) is 10.9 Å². The number of aromatic nitrogens is 1. The molecule has 152 valence electrons. The Bertz CT molecular complexity index is 1150. The Balaban J connectivity index is 1.34. The van der Waals surface area contributed by atoms with Crippen molar-refractivity contribution in [2.75, 3.05) is 0 Å². The molecule has 30 heavy (non-hydrogen) atoms. The largest absolute Gasteiger partial charge is 0.489 e. The molecule has 1 N–H and O–H groups in total. The molecule has 4 nitrogen and oxygen atoms in total. The summed E-state index contributed by atoms with van der Waals surface area (Å²) in [6.07, 6.45) is 2.75. The second-order valence-corrected chi connectivity index (χ2v) is 7.73. The van der Waals surface area contributed by atoms with Gasteiger partial charge in [-0.2, -0.15) is 0 Å². The first-order valence-corrected chi connectivity index (χ1v) is 10.2. The predicted molar refractivity (Wildman–Crippen MR) is 119 cm³/mol. The number of carboxylic acid groups (broad SMARTS) is 1. The van der Waals surface area contributed by atoms with Crippen molar-refractivity contribution in [3.63, 3.8) is 0 Å². The van der Waals surface area contributed by atoms with Crippen LogP contribution in [0, 0.1) is 0 Å². The zero-order chi connectivity index (χ0) is 20.9. The summed E-state index contributed by atoms with van der Waals surface area (Å²) in [5.74, 6) is -0.0126. The number of benzene rings is 3. The average molecular weight is 420 g/mol. The van der Waals surface area contributed by atoms with E-state index in [2.05, 4.69) is 41.1 Å². The average Bonchev–Trinajstić information content (AvgIpc) is 3.14. The van der Waals surface area contributed by atoms with Crippen LogP contribution >= 0.6 is 11.6 Å². The third-order valence-electron chi connectivity index (χ3n) is 5.07. The van der Waals surface area contributed by atoms with Gasteiger partial charge < -0.3 is 14.4 Å². The van der Waals surface area contributed by atoms with Gasteiger partial charge in [-0.3, -0.25) is 4.79 Å². The Morgan fingerprint density at radius 2 is 1.60 bits per heavy atom. The summed E-state index contributed by atoms with van der Waals surface area (Å²) in [7, 11) is 0. The number of aryl methyl sites for hydroxylation is 1. The number of carboxylic acids is 1. The molecule has 0 spiro atoms. The highest BCUT2D eigenvalue weighted by atomic mass is 35.5. The van der Waals surface area contributed by atoms with Crippen LogP contribution in [0.3, 0.4) is 0 Å². The molecule has 1 heterocycles. The zero-order valence-corrected chi connectivity index (χ0v) is 17.2. The van der Waals surface area contributed by atoms with Crippen molar-refractivity contribution in [3.05, 3.63) is 101 Å². The Morgan fingerprint density at radius 3 is 2.33 bits per heavy atom. The number of carbonyl (C=O) groups is 1. The van der Waals surface area contributed by atoms with Crippen LogP contribution in [-0.2, 0) is 24.4 Å². The molecular weight excluding hydrogens is 398 g/mol. The van der Waals surface area contributed by atoms with E-state index in [0.29, 0.717) is 13.0 Å². The highest BCUT2D eigenvalue weighted by Gasteiger charge is 2.04. The van der Waals surface area contributed by atoms with Gasteiger partial charge in [0.05, 0.1) is 0 Å². The molecule has 0 amide bonds. The molecule has 0 aliphatic carbocycles. The van der Waals surface area contributed by atoms with Gasteiger partial charge in [0.2, 0.25) is 0 Å². The fraction of sp³-hybridized carbons (Fsp3) is 0.160. The van der Waals surface area contributed by atoms with E-state index in [0.717, 1.165) is 34.0 Å². The van der Waals surface area contributed by atoms with E-state index < -0.39 is 5.97 Å². The number of hydrogen-bond acceptors (Lipinski definition) is 2. The van der Waals surface area contributed by atoms with E-state index in [4.69, 9.17) is 21.4 Å². The molecular formula is C25H22ClNO3. The van der Waals surface area contributed by atoms with Crippen molar-refractivity contribution in [3.8, 4) is 5.75 Å². The first kappa shape index (κ1) is 20.0. The van der Waals surface area contributed by atoms with Gasteiger partial charge in [-0.05, 0) is 58.8 Å². The Morgan fingerprint density at radius 1 is 0.900 bits per heavy atom. The Kier molecular flexibility index (Phi) is 6.05. The molecule has 0 atom stereocenters. The third kappa shape index (κ3) is 5.02. The third-order valence-corrected chi connectivity index (χ3v) is 5.30. The summed E-state index contributed by atoms with van der Waals surface area (Å²) >= 11 is 6.14. The minimum atomic E-state index is -0.785. The molecule has 4 rings (SSSR count). The lowest BCUT2D eigenvalue weighted by Crippen LogP contribution is -2.00. The lowest BCUT2D eigenvalue weighted by atomic mass is 10.1. The summed E-state index contributed by atoms with van der Waals surface area (Å²) in [5, 5.41) is 10.7. The fourth-order valence-electron chi connectivity index (χ4n) is 3.40. The number of hydrogen-bond donors (Lipinski definition) is 1. The van der Waals surface area contributed by atoms with E-state index in [-0.39, 0.29) is 6.42 Å². The number of fused-ring (bicyclic) bond motifs is 1. The van der Waals surface area contributed by atoms with Gasteiger partial charge in [0.25, 0.3) is 0 Å². The van der Waals surface area contributed by atoms with Crippen molar-refractivity contribution in [2.45, 2.75) is 26.0 Å². The molecule has 0 aliphatic rings. The van der Waals surface area contributed by atoms with Crippen LogP contribution < -0.4 is 4.74 Å². The van der Waals surface area contributed by atoms with Crippen molar-refractivity contribution < 1.29 is 14.6 Å². The Labute approximate surface area is 180 Å². The monoisotopic (exact) mass is 419 g/mol. The van der Waals surface area contributed by atoms with E-state index in [1.807, 2.05) is 42.5 Å². The van der Waals surface area contributed by atoms with Crippen molar-refractivity contribution in [1.29, 1.82) is 0 Å². The molecule has 1 aromatic heterocycles. The quantitative estimate of drug-likeness (QED) is 0.384. The Hall–Kier alpha value is -3.24. The smallest absolute Gasteiger partial charge is 0.303 e. The maximum Gasteiger partial charge on any atom is 0.303 e. The van der Waals surface area contributed by atoms with Crippen LogP contribution in [0.5, 0.6) is 5.75 Å². The molecule has 0 unspecified atom stereocenters. The maximum atomic E-state index is 10.7. The molecule has 0 fully saturated rings. The predicted octanol–water partition coefficient (Wildman–Crippen LogP) is 5.94. The standard InChI is InChI=1S/C25H22ClNO3/c26-22-9-8-21-13-14-27(24(21)15-22)16-19-1-3-20(4-2-19)17-30-23-10-5-18(6-11-23)7-12-25(28)29/h1-6,8-11,13-15H,7,12,16-17H2,(H,28,29). The number of rotatable bonds is 8. The van der Waals surface area contributed by atoms with Gasteiger partial charge in [-0.1, -0.05) is 54.1 Å². The molecule has 5 heteroatoms. The summed E-state index contributed by atoms with van der Waals surface area (Å²) in [5.41, 5.74) is 4.42. The van der Waals surface area contributed by atoms with Gasteiger partial charge >= 0.3 is 5.97 Å². The summed E-state index contributed by atoms with van der Waals surface area (Å²) in [6.45, 7) is 1.26. The number of aliphatic carboxylic acids is 1. The molecule has 0 aliphatic heterocycles. The van der Waals surface area contributed by atoms with Crippen LogP contribution in [-0.4, -0.2) is 15.6 Å². The molecule has 0 bridgehead atoms. The number of ether oxygens (including phenoxy) is 1. The van der Waals surface area contributed by atoms with E-state index in [1.165, 1.54) is 10.9 Å². The highest BCUT2D eigenvalue weighted by molar-refractivity contribution is 6.31. The molecule has 3 aromatic carbocycles. The van der Waals surface area contributed by atoms with Crippen LogP contribution in [0.4, 0.5) is 0 Å². The second kappa shape index (κ2) is 9.06.